The minimum absolute atomic E-state index is 0.228. The van der Waals surface area contributed by atoms with E-state index >= 15 is 0 Å². The predicted molar refractivity (Wildman–Crippen MR) is 71.2 cm³/mol. The molecule has 0 saturated heterocycles. The molecule has 0 spiro atoms. The van der Waals surface area contributed by atoms with Crippen molar-refractivity contribution in [2.24, 2.45) is 0 Å². The van der Waals surface area contributed by atoms with Gasteiger partial charge in [0.1, 0.15) is 0 Å². The molecule has 0 aromatic heterocycles. The number of halogens is 9. The highest BCUT2D eigenvalue weighted by Crippen LogP contribution is 2.51. The van der Waals surface area contributed by atoms with Gasteiger partial charge < -0.3 is 13.3 Å². The molecule has 25 heavy (non-hydrogen) atoms. The van der Waals surface area contributed by atoms with Crippen molar-refractivity contribution < 1.29 is 52.8 Å². The van der Waals surface area contributed by atoms with Gasteiger partial charge in [0, 0.05) is 19.8 Å². The van der Waals surface area contributed by atoms with Gasteiger partial charge in [0.2, 0.25) is 0 Å². The summed E-state index contributed by atoms with van der Waals surface area (Å²) in [5, 5.41) is 0. The van der Waals surface area contributed by atoms with Crippen LogP contribution in [0.15, 0.2) is 0 Å². The number of alkyl halides is 9. The molecule has 1 atom stereocenters. The Labute approximate surface area is 139 Å². The fourth-order valence-electron chi connectivity index (χ4n) is 1.87. The lowest BCUT2D eigenvalue weighted by Gasteiger charge is -2.36. The third-order valence-electron chi connectivity index (χ3n) is 3.03. The Hall–Kier alpha value is -0.533. The van der Waals surface area contributed by atoms with Crippen LogP contribution in [0.3, 0.4) is 0 Å². The summed E-state index contributed by atoms with van der Waals surface area (Å²) in [4.78, 5) is 0. The van der Waals surface area contributed by atoms with E-state index in [-0.39, 0.29) is 19.8 Å². The van der Waals surface area contributed by atoms with Gasteiger partial charge in [-0.25, -0.2) is 13.2 Å². The predicted octanol–water partition coefficient (Wildman–Crippen LogP) is 4.54. The van der Waals surface area contributed by atoms with Crippen molar-refractivity contribution >= 4 is 8.80 Å². The molecule has 0 aromatic rings. The summed E-state index contributed by atoms with van der Waals surface area (Å²) < 4.78 is 132. The van der Waals surface area contributed by atoms with Crippen LogP contribution in [0.2, 0.25) is 6.04 Å². The molecular formula is C12H19F9O3Si. The van der Waals surface area contributed by atoms with Gasteiger partial charge in [0.25, 0.3) is 0 Å². The first-order valence-electron chi connectivity index (χ1n) is 7.23. The molecule has 0 N–H and O–H groups in total. The SMILES string of the molecule is CCO[Si](CC(F)C(F)(F)C(F)(F)C(F)(F)C(F)F)(OCC)OCC. The first-order chi connectivity index (χ1) is 11.3. The lowest BCUT2D eigenvalue weighted by atomic mass is 10.0. The van der Waals surface area contributed by atoms with Gasteiger partial charge in [-0.2, -0.15) is 26.3 Å². The molecular weight excluding hydrogens is 391 g/mol. The Kier molecular flexibility index (Phi) is 8.72. The smallest absolute Gasteiger partial charge is 0.374 e. The average molecular weight is 410 g/mol. The maximum atomic E-state index is 13.9. The van der Waals surface area contributed by atoms with Crippen LogP contribution in [-0.2, 0) is 13.3 Å². The molecule has 0 radical (unpaired) electrons. The first-order valence-corrected chi connectivity index (χ1v) is 9.16. The fourth-order valence-corrected chi connectivity index (χ4v) is 4.48. The van der Waals surface area contributed by atoms with Crippen LogP contribution < -0.4 is 0 Å². The zero-order valence-electron chi connectivity index (χ0n) is 13.6. The van der Waals surface area contributed by atoms with E-state index in [9.17, 15) is 39.5 Å². The van der Waals surface area contributed by atoms with E-state index in [4.69, 9.17) is 13.3 Å². The van der Waals surface area contributed by atoms with Crippen LogP contribution in [0.25, 0.3) is 0 Å². The van der Waals surface area contributed by atoms with E-state index in [1.807, 2.05) is 0 Å². The summed E-state index contributed by atoms with van der Waals surface area (Å²) in [7, 11) is -4.25. The molecule has 3 nitrogen and oxygen atoms in total. The molecule has 0 aliphatic rings. The largest absolute Gasteiger partial charge is 0.504 e. The molecule has 0 heterocycles. The molecule has 0 fully saturated rings. The van der Waals surface area contributed by atoms with E-state index in [0.717, 1.165) is 0 Å². The van der Waals surface area contributed by atoms with Crippen LogP contribution in [0.1, 0.15) is 20.8 Å². The van der Waals surface area contributed by atoms with Crippen LogP contribution >= 0.6 is 0 Å². The average Bonchev–Trinajstić information content (AvgIpc) is 2.47. The van der Waals surface area contributed by atoms with Gasteiger partial charge in [0.05, 0.1) is 6.04 Å². The Morgan fingerprint density at radius 3 is 1.36 bits per heavy atom. The quantitative estimate of drug-likeness (QED) is 0.349. The molecule has 0 aliphatic heterocycles. The zero-order chi connectivity index (χ0) is 20.1. The minimum Gasteiger partial charge on any atom is -0.374 e. The minimum atomic E-state index is -6.64. The lowest BCUT2D eigenvalue weighted by Crippen LogP contribution is -2.62. The molecule has 1 unspecified atom stereocenters. The third kappa shape index (κ3) is 5.01. The Morgan fingerprint density at radius 1 is 0.720 bits per heavy atom. The van der Waals surface area contributed by atoms with Crippen LogP contribution in [0.5, 0.6) is 0 Å². The summed E-state index contributed by atoms with van der Waals surface area (Å²) in [6, 6.07) is -1.61. The topological polar surface area (TPSA) is 27.7 Å². The second kappa shape index (κ2) is 8.91. The van der Waals surface area contributed by atoms with Gasteiger partial charge in [-0.3, -0.25) is 0 Å². The van der Waals surface area contributed by atoms with Gasteiger partial charge in [0.15, 0.2) is 6.17 Å². The number of rotatable bonds is 12. The normalized spacial score (nSPS) is 15.7. The summed E-state index contributed by atoms with van der Waals surface area (Å²) in [6.45, 7) is 3.37. The van der Waals surface area contributed by atoms with E-state index in [2.05, 4.69) is 0 Å². The summed E-state index contributed by atoms with van der Waals surface area (Å²) in [5.74, 6) is -19.2. The summed E-state index contributed by atoms with van der Waals surface area (Å²) >= 11 is 0. The highest BCUT2D eigenvalue weighted by atomic mass is 28.4. The summed E-state index contributed by atoms with van der Waals surface area (Å²) in [5.41, 5.74) is 0. The second-order valence-electron chi connectivity index (χ2n) is 4.77. The van der Waals surface area contributed by atoms with E-state index in [0.29, 0.717) is 0 Å². The van der Waals surface area contributed by atoms with Crippen molar-refractivity contribution in [2.45, 2.75) is 57.2 Å². The van der Waals surface area contributed by atoms with E-state index in [1.54, 1.807) is 0 Å². The van der Waals surface area contributed by atoms with Crippen molar-refractivity contribution in [2.75, 3.05) is 19.8 Å². The van der Waals surface area contributed by atoms with Gasteiger partial charge in [-0.05, 0) is 20.8 Å². The van der Waals surface area contributed by atoms with Gasteiger partial charge in [-0.15, -0.1) is 0 Å². The molecule has 0 aliphatic carbocycles. The molecule has 0 saturated carbocycles. The molecule has 152 valence electrons. The van der Waals surface area contributed by atoms with Crippen LogP contribution in [-0.4, -0.2) is 59.0 Å². The Morgan fingerprint density at radius 2 is 1.08 bits per heavy atom. The van der Waals surface area contributed by atoms with Gasteiger partial charge >= 0.3 is 33.0 Å². The summed E-state index contributed by atoms with van der Waals surface area (Å²) in [6.07, 6.45) is -9.09. The standard InChI is InChI=1S/C12H19F9O3Si/c1-4-22-25(23-5-2,24-6-3)7-8(13)10(16,17)12(20,21)11(18,19)9(14)15/h8-9H,4-7H2,1-3H3. The maximum absolute atomic E-state index is 13.9. The van der Waals surface area contributed by atoms with Crippen LogP contribution in [0.4, 0.5) is 39.5 Å². The fraction of sp³-hybridized carbons (Fsp3) is 1.00. The van der Waals surface area contributed by atoms with Crippen molar-refractivity contribution in [1.29, 1.82) is 0 Å². The van der Waals surface area contributed by atoms with Crippen molar-refractivity contribution in [1.82, 2.24) is 0 Å². The molecule has 0 bridgehead atoms. The Bertz CT molecular complexity index is 392. The van der Waals surface area contributed by atoms with Crippen molar-refractivity contribution in [3.05, 3.63) is 0 Å². The molecule has 13 heteroatoms. The maximum Gasteiger partial charge on any atom is 0.504 e. The van der Waals surface area contributed by atoms with Crippen LogP contribution in [0, 0.1) is 0 Å². The van der Waals surface area contributed by atoms with Gasteiger partial charge in [-0.1, -0.05) is 0 Å². The van der Waals surface area contributed by atoms with Crippen molar-refractivity contribution in [3.8, 4) is 0 Å². The highest BCUT2D eigenvalue weighted by Gasteiger charge is 2.78. The molecule has 0 amide bonds. The monoisotopic (exact) mass is 410 g/mol. The zero-order valence-corrected chi connectivity index (χ0v) is 14.6. The number of hydrogen-bond acceptors (Lipinski definition) is 3. The van der Waals surface area contributed by atoms with E-state index < -0.39 is 45.2 Å². The number of hydrogen-bond donors (Lipinski definition) is 0. The molecule has 0 aromatic carbocycles. The second-order valence-corrected chi connectivity index (χ2v) is 7.42. The molecule has 0 rings (SSSR count). The third-order valence-corrected chi connectivity index (χ3v) is 6.07. The van der Waals surface area contributed by atoms with E-state index in [1.165, 1.54) is 20.8 Å². The van der Waals surface area contributed by atoms with Crippen molar-refractivity contribution in [3.63, 3.8) is 0 Å². The first kappa shape index (κ1) is 24.5. The lowest BCUT2D eigenvalue weighted by molar-refractivity contribution is -0.349. The highest BCUT2D eigenvalue weighted by molar-refractivity contribution is 6.60. The Balaban J connectivity index is 5.69.